The summed E-state index contributed by atoms with van der Waals surface area (Å²) in [5.74, 6) is -1.39. The molecule has 1 heterocycles. The molecule has 1 unspecified atom stereocenters. The molecule has 1 N–H and O–H groups in total. The fraction of sp³-hybridized carbons (Fsp3) is 0.364. The van der Waals surface area contributed by atoms with Gasteiger partial charge in [0.1, 0.15) is 11.6 Å². The number of carbonyl (C=O) groups is 1. The van der Waals surface area contributed by atoms with E-state index in [0.717, 1.165) is 12.1 Å². The predicted molar refractivity (Wildman–Crippen MR) is 60.7 cm³/mol. The molecular weight excluding hydrogens is 264 g/mol. The van der Waals surface area contributed by atoms with Crippen LogP contribution in [0.4, 0.5) is 13.6 Å². The molecule has 2 rings (SSSR count). The van der Waals surface area contributed by atoms with Gasteiger partial charge in [-0.1, -0.05) is 0 Å². The number of halogens is 2. The highest BCUT2D eigenvalue weighted by molar-refractivity contribution is 7.85. The van der Waals surface area contributed by atoms with Gasteiger partial charge in [-0.15, -0.1) is 0 Å². The lowest BCUT2D eigenvalue weighted by Crippen LogP contribution is -2.51. The minimum Gasteiger partial charge on any atom is -0.465 e. The summed E-state index contributed by atoms with van der Waals surface area (Å²) in [5, 5.41) is 8.63. The molecule has 0 aromatic heterocycles. The third kappa shape index (κ3) is 2.66. The Morgan fingerprint density at radius 1 is 1.44 bits per heavy atom. The molecule has 0 saturated carbocycles. The van der Waals surface area contributed by atoms with Crippen LogP contribution in [0, 0.1) is 17.6 Å². The van der Waals surface area contributed by atoms with Crippen LogP contribution < -0.4 is 0 Å². The van der Waals surface area contributed by atoms with Crippen molar-refractivity contribution in [2.45, 2.75) is 4.90 Å². The third-order valence-corrected chi connectivity index (χ3v) is 4.35. The fourth-order valence-electron chi connectivity index (χ4n) is 1.80. The maximum Gasteiger partial charge on any atom is 0.407 e. The summed E-state index contributed by atoms with van der Waals surface area (Å²) in [5.41, 5.74) is 0. The predicted octanol–water partition coefficient (Wildman–Crippen LogP) is 1.68. The Morgan fingerprint density at radius 3 is 2.67 bits per heavy atom. The van der Waals surface area contributed by atoms with Crippen molar-refractivity contribution in [1.82, 2.24) is 4.90 Å². The Bertz CT molecular complexity index is 503. The van der Waals surface area contributed by atoms with Crippen LogP contribution in [-0.2, 0) is 10.8 Å². The molecule has 0 aliphatic carbocycles. The Hall–Kier alpha value is -1.50. The van der Waals surface area contributed by atoms with Crippen LogP contribution in [0.2, 0.25) is 0 Å². The zero-order chi connectivity index (χ0) is 13.3. The van der Waals surface area contributed by atoms with Crippen molar-refractivity contribution in [3.05, 3.63) is 29.8 Å². The molecule has 1 amide bonds. The normalized spacial score (nSPS) is 17.3. The summed E-state index contributed by atoms with van der Waals surface area (Å²) in [6.07, 6.45) is -1.01. The van der Waals surface area contributed by atoms with Gasteiger partial charge in [-0.25, -0.2) is 13.6 Å². The largest absolute Gasteiger partial charge is 0.465 e. The van der Waals surface area contributed by atoms with Crippen LogP contribution in [0.1, 0.15) is 0 Å². The summed E-state index contributed by atoms with van der Waals surface area (Å²) >= 11 is 0. The quantitative estimate of drug-likeness (QED) is 0.913. The zero-order valence-corrected chi connectivity index (χ0v) is 10.1. The van der Waals surface area contributed by atoms with Gasteiger partial charge in [-0.3, -0.25) is 4.21 Å². The lowest BCUT2D eigenvalue weighted by Gasteiger charge is -2.36. The minimum atomic E-state index is -1.57. The maximum absolute atomic E-state index is 13.3. The number of likely N-dealkylation sites (tertiary alicyclic amines) is 1. The molecule has 98 valence electrons. The summed E-state index contributed by atoms with van der Waals surface area (Å²) in [6, 6.07) is 2.91. The van der Waals surface area contributed by atoms with Crippen LogP contribution >= 0.6 is 0 Å². The average molecular weight is 275 g/mol. The van der Waals surface area contributed by atoms with E-state index in [1.807, 2.05) is 0 Å². The van der Waals surface area contributed by atoms with E-state index in [2.05, 4.69) is 0 Å². The van der Waals surface area contributed by atoms with Crippen molar-refractivity contribution in [3.63, 3.8) is 0 Å². The van der Waals surface area contributed by atoms with E-state index >= 15 is 0 Å². The number of hydrogen-bond donors (Lipinski definition) is 1. The molecule has 1 atom stereocenters. The molecule has 1 saturated heterocycles. The molecule has 0 spiro atoms. The second-order valence-electron chi connectivity index (χ2n) is 4.14. The first-order valence-electron chi connectivity index (χ1n) is 5.28. The third-order valence-electron chi connectivity index (χ3n) is 2.75. The van der Waals surface area contributed by atoms with Gasteiger partial charge in [-0.05, 0) is 12.1 Å². The Balaban J connectivity index is 1.95. The first kappa shape index (κ1) is 12.9. The van der Waals surface area contributed by atoms with Gasteiger partial charge >= 0.3 is 6.09 Å². The summed E-state index contributed by atoms with van der Waals surface area (Å²) in [4.78, 5) is 11.7. The van der Waals surface area contributed by atoms with Gasteiger partial charge < -0.3 is 10.0 Å². The second kappa shape index (κ2) is 5.01. The van der Waals surface area contributed by atoms with E-state index in [9.17, 15) is 17.8 Å². The van der Waals surface area contributed by atoms with Crippen molar-refractivity contribution < 1.29 is 22.9 Å². The highest BCUT2D eigenvalue weighted by atomic mass is 32.2. The first-order valence-corrected chi connectivity index (χ1v) is 6.60. The molecular formula is C11H11F2NO3S. The van der Waals surface area contributed by atoms with Gasteiger partial charge in [0.25, 0.3) is 0 Å². The second-order valence-corrected chi connectivity index (χ2v) is 5.60. The number of hydrogen-bond acceptors (Lipinski definition) is 2. The number of rotatable bonds is 3. The lowest BCUT2D eigenvalue weighted by molar-refractivity contribution is 0.0897. The SMILES string of the molecule is O=C(O)N1CC(CS(=O)c2ccc(F)cc2F)C1. The van der Waals surface area contributed by atoms with Crippen LogP contribution in [0.3, 0.4) is 0 Å². The van der Waals surface area contributed by atoms with Crippen molar-refractivity contribution in [3.8, 4) is 0 Å². The van der Waals surface area contributed by atoms with Crippen LogP contribution in [-0.4, -0.2) is 39.2 Å². The van der Waals surface area contributed by atoms with Gasteiger partial charge in [0.05, 0.1) is 15.7 Å². The molecule has 18 heavy (non-hydrogen) atoms. The van der Waals surface area contributed by atoms with E-state index in [4.69, 9.17) is 5.11 Å². The monoisotopic (exact) mass is 275 g/mol. The average Bonchev–Trinajstić information content (AvgIpc) is 2.21. The van der Waals surface area contributed by atoms with Crippen molar-refractivity contribution >= 4 is 16.9 Å². The van der Waals surface area contributed by atoms with Gasteiger partial charge in [0.2, 0.25) is 0 Å². The number of benzene rings is 1. The summed E-state index contributed by atoms with van der Waals surface area (Å²) in [6.45, 7) is 0.619. The molecule has 1 aromatic carbocycles. The van der Waals surface area contributed by atoms with Crippen LogP contribution in [0.5, 0.6) is 0 Å². The highest BCUT2D eigenvalue weighted by Gasteiger charge is 2.32. The molecule has 7 heteroatoms. The number of carboxylic acid groups (broad SMARTS) is 1. The van der Waals surface area contributed by atoms with E-state index in [-0.39, 0.29) is 16.6 Å². The smallest absolute Gasteiger partial charge is 0.407 e. The van der Waals surface area contributed by atoms with Gasteiger partial charge in [-0.2, -0.15) is 0 Å². The summed E-state index contributed by atoms with van der Waals surface area (Å²) < 4.78 is 37.9. The molecule has 1 aliphatic rings. The van der Waals surface area contributed by atoms with E-state index in [1.165, 1.54) is 4.90 Å². The molecule has 1 aliphatic heterocycles. The van der Waals surface area contributed by atoms with Gasteiger partial charge in [0.15, 0.2) is 0 Å². The molecule has 1 fully saturated rings. The Kier molecular flexibility index (Phi) is 3.60. The van der Waals surface area contributed by atoms with E-state index < -0.39 is 28.5 Å². The van der Waals surface area contributed by atoms with Gasteiger partial charge in [0, 0.05) is 30.8 Å². The number of amides is 1. The van der Waals surface area contributed by atoms with Crippen LogP contribution in [0.25, 0.3) is 0 Å². The van der Waals surface area contributed by atoms with Crippen molar-refractivity contribution in [1.29, 1.82) is 0 Å². The first-order chi connectivity index (χ1) is 8.47. The van der Waals surface area contributed by atoms with E-state index in [0.29, 0.717) is 19.2 Å². The minimum absolute atomic E-state index is 0.0358. The summed E-state index contributed by atoms with van der Waals surface area (Å²) in [7, 11) is -1.57. The molecule has 0 radical (unpaired) electrons. The number of nitrogens with zero attached hydrogens (tertiary/aromatic N) is 1. The van der Waals surface area contributed by atoms with Crippen LogP contribution in [0.15, 0.2) is 23.1 Å². The highest BCUT2D eigenvalue weighted by Crippen LogP contribution is 2.21. The molecule has 4 nitrogen and oxygen atoms in total. The zero-order valence-electron chi connectivity index (χ0n) is 9.31. The molecule has 1 aromatic rings. The maximum atomic E-state index is 13.3. The van der Waals surface area contributed by atoms with Crippen molar-refractivity contribution in [2.75, 3.05) is 18.8 Å². The molecule has 0 bridgehead atoms. The standard InChI is InChI=1S/C11H11F2NO3S/c12-8-1-2-10(9(13)3-8)18(17)6-7-4-14(5-7)11(15)16/h1-3,7H,4-6H2,(H,15,16). The Labute approximate surface area is 105 Å². The van der Waals surface area contributed by atoms with E-state index in [1.54, 1.807) is 0 Å². The fourth-order valence-corrected chi connectivity index (χ4v) is 3.11. The lowest BCUT2D eigenvalue weighted by atomic mass is 10.0. The van der Waals surface area contributed by atoms with Crippen molar-refractivity contribution in [2.24, 2.45) is 5.92 Å². The topological polar surface area (TPSA) is 57.6 Å². The Morgan fingerprint density at radius 2 is 2.11 bits per heavy atom.